The largest absolute Gasteiger partial charge is 0.341 e. The summed E-state index contributed by atoms with van der Waals surface area (Å²) in [5, 5.41) is 13.8. The van der Waals surface area contributed by atoms with E-state index in [0.29, 0.717) is 5.16 Å². The van der Waals surface area contributed by atoms with Gasteiger partial charge in [0.2, 0.25) is 5.91 Å². The Morgan fingerprint density at radius 2 is 2.23 bits per heavy atom. The van der Waals surface area contributed by atoms with Crippen LogP contribution in [0.1, 0.15) is 30.2 Å². The molecule has 3 amide bonds. The third-order valence-corrected chi connectivity index (χ3v) is 6.88. The van der Waals surface area contributed by atoms with E-state index in [0.717, 1.165) is 29.5 Å². The van der Waals surface area contributed by atoms with Crippen LogP contribution in [-0.4, -0.2) is 39.5 Å². The van der Waals surface area contributed by atoms with Crippen molar-refractivity contribution in [2.24, 2.45) is 13.0 Å². The number of nitrogens with zero attached hydrogens (tertiary/aromatic N) is 3. The van der Waals surface area contributed by atoms with Crippen molar-refractivity contribution in [3.63, 3.8) is 0 Å². The van der Waals surface area contributed by atoms with Crippen LogP contribution in [0, 0.1) is 5.92 Å². The molecule has 2 N–H and O–H groups in total. The molecule has 2 heterocycles. The number of nitrogens with one attached hydrogen (secondary N) is 2. The fourth-order valence-electron chi connectivity index (χ4n) is 3.07. The molecule has 0 saturated heterocycles. The Labute approximate surface area is 161 Å². The summed E-state index contributed by atoms with van der Waals surface area (Å²) in [7, 11) is 3.37. The summed E-state index contributed by atoms with van der Waals surface area (Å²) in [6.45, 7) is 2.26. The molecule has 2 aromatic heterocycles. The number of carbonyl (C=O) groups excluding carboxylic acids is 2. The normalized spacial score (nSPS) is 16.2. The van der Waals surface area contributed by atoms with E-state index in [2.05, 4.69) is 33.8 Å². The number of thioether (sulfide) groups is 1. The molecule has 0 fully saturated rings. The first-order valence-electron chi connectivity index (χ1n) is 8.67. The van der Waals surface area contributed by atoms with E-state index in [-0.39, 0.29) is 11.7 Å². The second-order valence-electron chi connectivity index (χ2n) is 6.36. The summed E-state index contributed by atoms with van der Waals surface area (Å²) in [6.07, 6.45) is 4.80. The maximum Gasteiger partial charge on any atom is 0.321 e. The standard InChI is InChI=1S/C17H23N5O2S2/c1-4-10-5-6-12-11(7-10)8-13(26-12)15-20-21-17(22(15)3)25-9-14(23)19-16(24)18-2/h8,10H,4-7,9H2,1-3H3,(H2,18,19,23,24)/t10-/m0/s1. The predicted molar refractivity (Wildman–Crippen MR) is 103 cm³/mol. The number of hydrogen-bond donors (Lipinski definition) is 2. The molecule has 0 aliphatic heterocycles. The third kappa shape index (κ3) is 4.09. The number of imide groups is 1. The molecule has 0 unspecified atom stereocenters. The Bertz CT molecular complexity index is 814. The molecule has 0 saturated carbocycles. The maximum absolute atomic E-state index is 11.7. The molecule has 0 radical (unpaired) electrons. The van der Waals surface area contributed by atoms with Crippen LogP contribution >= 0.6 is 23.1 Å². The number of amides is 3. The molecule has 0 aromatic carbocycles. The molecular formula is C17H23N5O2S2. The van der Waals surface area contributed by atoms with Crippen LogP contribution in [0.3, 0.4) is 0 Å². The van der Waals surface area contributed by atoms with Gasteiger partial charge in [-0.1, -0.05) is 25.1 Å². The molecule has 3 rings (SSSR count). The topological polar surface area (TPSA) is 88.9 Å². The van der Waals surface area contributed by atoms with E-state index >= 15 is 0 Å². The zero-order valence-corrected chi connectivity index (χ0v) is 16.8. The van der Waals surface area contributed by atoms with Crippen LogP contribution in [0.4, 0.5) is 4.79 Å². The number of rotatable bonds is 5. The summed E-state index contributed by atoms with van der Waals surface area (Å²) in [6, 6.07) is 1.74. The minimum absolute atomic E-state index is 0.110. The van der Waals surface area contributed by atoms with Crippen molar-refractivity contribution in [1.29, 1.82) is 0 Å². The molecule has 0 spiro atoms. The fourth-order valence-corrected chi connectivity index (χ4v) is 5.01. The maximum atomic E-state index is 11.7. The first-order chi connectivity index (χ1) is 12.5. The van der Waals surface area contributed by atoms with Crippen LogP contribution in [0.2, 0.25) is 0 Å². The molecule has 140 valence electrons. The predicted octanol–water partition coefficient (Wildman–Crippen LogP) is 2.61. The summed E-state index contributed by atoms with van der Waals surface area (Å²) in [5.41, 5.74) is 1.45. The lowest BCUT2D eigenvalue weighted by Crippen LogP contribution is -2.38. The van der Waals surface area contributed by atoms with Gasteiger partial charge in [0.15, 0.2) is 11.0 Å². The molecule has 1 atom stereocenters. The lowest BCUT2D eigenvalue weighted by Gasteiger charge is -2.19. The highest BCUT2D eigenvalue weighted by Crippen LogP contribution is 2.37. The molecule has 1 aliphatic carbocycles. The Kier molecular flexibility index (Phi) is 5.98. The van der Waals surface area contributed by atoms with Gasteiger partial charge in [0, 0.05) is 19.0 Å². The van der Waals surface area contributed by atoms with E-state index in [9.17, 15) is 9.59 Å². The lowest BCUT2D eigenvalue weighted by atomic mass is 9.87. The van der Waals surface area contributed by atoms with Gasteiger partial charge >= 0.3 is 6.03 Å². The molecule has 9 heteroatoms. The van der Waals surface area contributed by atoms with Crippen LogP contribution < -0.4 is 10.6 Å². The average molecular weight is 394 g/mol. The van der Waals surface area contributed by atoms with E-state index in [4.69, 9.17) is 0 Å². The molecule has 7 nitrogen and oxygen atoms in total. The van der Waals surface area contributed by atoms with Crippen molar-refractivity contribution in [3.8, 4) is 10.7 Å². The lowest BCUT2D eigenvalue weighted by molar-refractivity contribution is -0.117. The minimum Gasteiger partial charge on any atom is -0.341 e. The van der Waals surface area contributed by atoms with Gasteiger partial charge in [0.05, 0.1) is 10.6 Å². The number of thiophene rings is 1. The Hall–Kier alpha value is -1.87. The summed E-state index contributed by atoms with van der Waals surface area (Å²) in [4.78, 5) is 25.5. The van der Waals surface area contributed by atoms with E-state index in [1.807, 2.05) is 11.6 Å². The average Bonchev–Trinajstić information content (AvgIpc) is 3.22. The van der Waals surface area contributed by atoms with Crippen LogP contribution in [0.15, 0.2) is 11.2 Å². The quantitative estimate of drug-likeness (QED) is 0.762. The van der Waals surface area contributed by atoms with Crippen molar-refractivity contribution in [3.05, 3.63) is 16.5 Å². The zero-order chi connectivity index (χ0) is 18.7. The van der Waals surface area contributed by atoms with Gasteiger partial charge in [0.25, 0.3) is 0 Å². The smallest absolute Gasteiger partial charge is 0.321 e. The van der Waals surface area contributed by atoms with Crippen molar-refractivity contribution in [1.82, 2.24) is 25.4 Å². The molecule has 1 aliphatic rings. The zero-order valence-electron chi connectivity index (χ0n) is 15.2. The van der Waals surface area contributed by atoms with Gasteiger partial charge in [-0.3, -0.25) is 10.1 Å². The monoisotopic (exact) mass is 393 g/mol. The Morgan fingerprint density at radius 1 is 1.42 bits per heavy atom. The Morgan fingerprint density at radius 3 is 2.96 bits per heavy atom. The first-order valence-corrected chi connectivity index (χ1v) is 10.5. The van der Waals surface area contributed by atoms with Crippen LogP contribution in [0.5, 0.6) is 0 Å². The summed E-state index contributed by atoms with van der Waals surface area (Å²) in [5.74, 6) is 1.36. The van der Waals surface area contributed by atoms with Gasteiger partial charge in [0.1, 0.15) is 0 Å². The summed E-state index contributed by atoms with van der Waals surface area (Å²) < 4.78 is 1.91. The van der Waals surface area contributed by atoms with Crippen molar-refractivity contribution in [2.75, 3.05) is 12.8 Å². The second-order valence-corrected chi connectivity index (χ2v) is 8.44. The van der Waals surface area contributed by atoms with Gasteiger partial charge < -0.3 is 9.88 Å². The SMILES string of the molecule is CC[C@H]1CCc2sc(-c3nnc(SCC(=O)NC(=O)NC)n3C)cc2C1. The molecular weight excluding hydrogens is 370 g/mol. The number of fused-ring (bicyclic) bond motifs is 1. The number of carbonyl (C=O) groups is 2. The van der Waals surface area contributed by atoms with Gasteiger partial charge in [-0.2, -0.15) is 0 Å². The van der Waals surface area contributed by atoms with Crippen LogP contribution in [0.25, 0.3) is 10.7 Å². The van der Waals surface area contributed by atoms with Crippen molar-refractivity contribution in [2.45, 2.75) is 37.8 Å². The number of hydrogen-bond acceptors (Lipinski definition) is 6. The highest BCUT2D eigenvalue weighted by atomic mass is 32.2. The van der Waals surface area contributed by atoms with Crippen molar-refractivity contribution < 1.29 is 9.59 Å². The third-order valence-electron chi connectivity index (χ3n) is 4.63. The van der Waals surface area contributed by atoms with Gasteiger partial charge in [-0.05, 0) is 36.8 Å². The number of urea groups is 1. The van der Waals surface area contributed by atoms with Crippen molar-refractivity contribution >= 4 is 35.0 Å². The van der Waals surface area contributed by atoms with Gasteiger partial charge in [-0.15, -0.1) is 21.5 Å². The fraction of sp³-hybridized carbons (Fsp3) is 0.529. The molecule has 0 bridgehead atoms. The Balaban J connectivity index is 1.69. The van der Waals surface area contributed by atoms with Gasteiger partial charge in [-0.25, -0.2) is 4.79 Å². The second kappa shape index (κ2) is 8.22. The highest BCUT2D eigenvalue weighted by Gasteiger charge is 2.22. The van der Waals surface area contributed by atoms with E-state index < -0.39 is 6.03 Å². The molecule has 2 aromatic rings. The molecule has 26 heavy (non-hydrogen) atoms. The van der Waals surface area contributed by atoms with E-state index in [1.54, 1.807) is 11.3 Å². The summed E-state index contributed by atoms with van der Waals surface area (Å²) >= 11 is 3.06. The number of aryl methyl sites for hydroxylation is 1. The highest BCUT2D eigenvalue weighted by molar-refractivity contribution is 7.99. The number of aromatic nitrogens is 3. The van der Waals surface area contributed by atoms with E-state index in [1.165, 1.54) is 42.1 Å². The first kappa shape index (κ1) is 18.9. The van der Waals surface area contributed by atoms with Crippen LogP contribution in [-0.2, 0) is 24.7 Å². The minimum atomic E-state index is -0.510.